The Labute approximate surface area is 174 Å². The molecule has 2 aliphatic rings. The third-order valence-corrected chi connectivity index (χ3v) is 5.80. The minimum atomic E-state index is -0.0884. The standard InChI is InChI=1S/C18H18N2O2.C7H14/c1-11-7-14(8-15-10-20(3)18(22)17(11)15)13-5-4-6-16(9-13)19-12(2)21;1-7-5-3-2-4-6-7/h4-9H,10H2,1-3H3,(H,19,21);7H,2-6H2,1H3. The number of nitrogens with zero attached hydrogens (tertiary/aromatic N) is 1. The van der Waals surface area contributed by atoms with Gasteiger partial charge < -0.3 is 10.2 Å². The van der Waals surface area contributed by atoms with Crippen LogP contribution in [0.3, 0.4) is 0 Å². The van der Waals surface area contributed by atoms with Gasteiger partial charge >= 0.3 is 0 Å². The number of hydrogen-bond donors (Lipinski definition) is 1. The SMILES string of the molecule is CC(=O)Nc1cccc(-c2cc(C)c3c(c2)CN(C)C3=O)c1.CC1CCCCC1. The highest BCUT2D eigenvalue weighted by molar-refractivity contribution is 6.00. The maximum atomic E-state index is 12.1. The number of aryl methyl sites for hydroxylation is 1. The molecule has 0 atom stereocenters. The summed E-state index contributed by atoms with van der Waals surface area (Å²) in [6, 6.07) is 11.8. The molecule has 4 heteroatoms. The zero-order valence-electron chi connectivity index (χ0n) is 18.0. The first-order chi connectivity index (χ1) is 13.8. The first kappa shape index (κ1) is 21.1. The minimum Gasteiger partial charge on any atom is -0.337 e. The molecule has 1 saturated carbocycles. The number of carbonyl (C=O) groups excluding carboxylic acids is 2. The number of carbonyl (C=O) groups is 2. The average Bonchev–Trinajstić information content (AvgIpc) is 2.97. The van der Waals surface area contributed by atoms with E-state index >= 15 is 0 Å². The van der Waals surface area contributed by atoms with Gasteiger partial charge in [0.25, 0.3) is 5.91 Å². The Hall–Kier alpha value is -2.62. The van der Waals surface area contributed by atoms with E-state index in [1.165, 1.54) is 39.0 Å². The molecule has 0 unspecified atom stereocenters. The van der Waals surface area contributed by atoms with E-state index in [0.717, 1.165) is 39.4 Å². The van der Waals surface area contributed by atoms with E-state index in [9.17, 15) is 9.59 Å². The molecule has 1 aliphatic carbocycles. The lowest BCUT2D eigenvalue weighted by molar-refractivity contribution is -0.114. The molecule has 0 radical (unpaired) electrons. The minimum absolute atomic E-state index is 0.0884. The molecular weight excluding hydrogens is 360 g/mol. The van der Waals surface area contributed by atoms with E-state index in [1.54, 1.807) is 4.90 Å². The van der Waals surface area contributed by atoms with Crippen molar-refractivity contribution in [3.8, 4) is 11.1 Å². The molecule has 1 heterocycles. The summed E-state index contributed by atoms with van der Waals surface area (Å²) in [5.74, 6) is 1.04. The monoisotopic (exact) mass is 392 g/mol. The van der Waals surface area contributed by atoms with Gasteiger partial charge in [-0.15, -0.1) is 0 Å². The van der Waals surface area contributed by atoms with Crippen LogP contribution in [0.2, 0.25) is 0 Å². The van der Waals surface area contributed by atoms with Gasteiger partial charge in [0.2, 0.25) is 5.91 Å². The second-order valence-electron chi connectivity index (χ2n) is 8.49. The summed E-state index contributed by atoms with van der Waals surface area (Å²) in [7, 11) is 1.82. The van der Waals surface area contributed by atoms with Crippen molar-refractivity contribution in [3.05, 3.63) is 53.1 Å². The molecule has 0 aromatic heterocycles. The fourth-order valence-electron chi connectivity index (χ4n) is 4.26. The summed E-state index contributed by atoms with van der Waals surface area (Å²) >= 11 is 0. The normalized spacial score (nSPS) is 16.1. The Morgan fingerprint density at radius 1 is 1.07 bits per heavy atom. The van der Waals surface area contributed by atoms with E-state index in [2.05, 4.69) is 18.3 Å². The maximum Gasteiger partial charge on any atom is 0.254 e. The summed E-state index contributed by atoms with van der Waals surface area (Å²) in [6.07, 6.45) is 7.44. The number of anilines is 1. The molecule has 29 heavy (non-hydrogen) atoms. The lowest BCUT2D eigenvalue weighted by Crippen LogP contribution is -2.17. The van der Waals surface area contributed by atoms with E-state index in [4.69, 9.17) is 0 Å². The van der Waals surface area contributed by atoms with Crippen molar-refractivity contribution in [3.63, 3.8) is 0 Å². The van der Waals surface area contributed by atoms with Gasteiger partial charge in [0.05, 0.1) is 0 Å². The Balaban J connectivity index is 0.000000290. The molecule has 4 nitrogen and oxygen atoms in total. The average molecular weight is 393 g/mol. The molecule has 1 aliphatic heterocycles. The lowest BCUT2D eigenvalue weighted by atomic mass is 9.91. The van der Waals surface area contributed by atoms with Crippen molar-refractivity contribution in [2.45, 2.75) is 59.4 Å². The zero-order valence-corrected chi connectivity index (χ0v) is 18.0. The van der Waals surface area contributed by atoms with Crippen LogP contribution < -0.4 is 5.32 Å². The number of hydrogen-bond acceptors (Lipinski definition) is 2. The summed E-state index contributed by atoms with van der Waals surface area (Å²) in [5.41, 5.74) is 5.74. The second kappa shape index (κ2) is 9.25. The molecular formula is C25H32N2O2. The third-order valence-electron chi connectivity index (χ3n) is 5.80. The Morgan fingerprint density at radius 3 is 2.41 bits per heavy atom. The number of amides is 2. The van der Waals surface area contributed by atoms with Gasteiger partial charge in [-0.1, -0.05) is 57.2 Å². The van der Waals surface area contributed by atoms with Crippen LogP contribution in [0.15, 0.2) is 36.4 Å². The van der Waals surface area contributed by atoms with Crippen molar-refractivity contribution in [2.24, 2.45) is 5.92 Å². The molecule has 1 N–H and O–H groups in total. The Kier molecular flexibility index (Phi) is 6.73. The first-order valence-corrected chi connectivity index (χ1v) is 10.6. The number of benzene rings is 2. The summed E-state index contributed by atoms with van der Waals surface area (Å²) < 4.78 is 0. The van der Waals surface area contributed by atoms with Crippen LogP contribution in [0, 0.1) is 12.8 Å². The molecule has 0 bridgehead atoms. The van der Waals surface area contributed by atoms with Gasteiger partial charge in [0, 0.05) is 31.8 Å². The highest BCUT2D eigenvalue weighted by Gasteiger charge is 2.26. The smallest absolute Gasteiger partial charge is 0.254 e. The first-order valence-electron chi connectivity index (χ1n) is 10.6. The molecule has 0 saturated heterocycles. The molecule has 0 spiro atoms. The van der Waals surface area contributed by atoms with Gasteiger partial charge in [0.15, 0.2) is 0 Å². The molecule has 1 fully saturated rings. The summed E-state index contributed by atoms with van der Waals surface area (Å²) in [5, 5.41) is 2.79. The quantitative estimate of drug-likeness (QED) is 0.703. The van der Waals surface area contributed by atoms with Crippen LogP contribution in [-0.2, 0) is 11.3 Å². The maximum absolute atomic E-state index is 12.1. The van der Waals surface area contributed by atoms with E-state index < -0.39 is 0 Å². The summed E-state index contributed by atoms with van der Waals surface area (Å²) in [4.78, 5) is 25.0. The van der Waals surface area contributed by atoms with Gasteiger partial charge in [-0.05, 0) is 53.3 Å². The van der Waals surface area contributed by atoms with Crippen LogP contribution in [0.25, 0.3) is 11.1 Å². The predicted molar refractivity (Wildman–Crippen MR) is 119 cm³/mol. The third kappa shape index (κ3) is 5.26. The van der Waals surface area contributed by atoms with Gasteiger partial charge in [-0.25, -0.2) is 0 Å². The predicted octanol–water partition coefficient (Wildman–Crippen LogP) is 5.79. The molecule has 4 rings (SSSR count). The largest absolute Gasteiger partial charge is 0.337 e. The van der Waals surface area contributed by atoms with Crippen LogP contribution in [-0.4, -0.2) is 23.8 Å². The van der Waals surface area contributed by atoms with Crippen molar-refractivity contribution >= 4 is 17.5 Å². The fraction of sp³-hybridized carbons (Fsp3) is 0.440. The molecule has 154 valence electrons. The van der Waals surface area contributed by atoms with Crippen molar-refractivity contribution in [1.29, 1.82) is 0 Å². The Morgan fingerprint density at radius 2 is 1.79 bits per heavy atom. The van der Waals surface area contributed by atoms with Crippen LogP contribution in [0.5, 0.6) is 0 Å². The van der Waals surface area contributed by atoms with E-state index in [-0.39, 0.29) is 11.8 Å². The summed E-state index contributed by atoms with van der Waals surface area (Å²) in [6.45, 7) is 6.47. The fourth-order valence-corrected chi connectivity index (χ4v) is 4.26. The van der Waals surface area contributed by atoms with E-state index in [1.807, 2.05) is 44.3 Å². The van der Waals surface area contributed by atoms with Crippen LogP contribution in [0.4, 0.5) is 5.69 Å². The van der Waals surface area contributed by atoms with Crippen molar-refractivity contribution < 1.29 is 9.59 Å². The molecule has 2 aromatic rings. The number of fused-ring (bicyclic) bond motifs is 1. The lowest BCUT2D eigenvalue weighted by Gasteiger charge is -2.15. The van der Waals surface area contributed by atoms with Gasteiger partial charge in [-0.3, -0.25) is 9.59 Å². The van der Waals surface area contributed by atoms with Crippen molar-refractivity contribution in [2.75, 3.05) is 12.4 Å². The number of nitrogens with one attached hydrogen (secondary N) is 1. The highest BCUT2D eigenvalue weighted by atomic mass is 16.2. The van der Waals surface area contributed by atoms with E-state index in [0.29, 0.717) is 6.54 Å². The zero-order chi connectivity index (χ0) is 21.0. The highest BCUT2D eigenvalue weighted by Crippen LogP contribution is 2.31. The van der Waals surface area contributed by atoms with Crippen LogP contribution >= 0.6 is 0 Å². The topological polar surface area (TPSA) is 49.4 Å². The molecule has 2 amide bonds. The van der Waals surface area contributed by atoms with Crippen molar-refractivity contribution in [1.82, 2.24) is 4.90 Å². The van der Waals surface area contributed by atoms with Crippen LogP contribution in [0.1, 0.15) is 67.4 Å². The second-order valence-corrected chi connectivity index (χ2v) is 8.49. The Bertz CT molecular complexity index is 898. The number of rotatable bonds is 2. The van der Waals surface area contributed by atoms with Gasteiger partial charge in [-0.2, -0.15) is 0 Å². The van der Waals surface area contributed by atoms with Gasteiger partial charge in [0.1, 0.15) is 0 Å². The molecule has 2 aromatic carbocycles.